The van der Waals surface area contributed by atoms with E-state index in [0.717, 1.165) is 37.9 Å². The Morgan fingerprint density at radius 3 is 2.90 bits per heavy atom. The molecular formula is C15H20N2O3. The van der Waals surface area contributed by atoms with Gasteiger partial charge in [0.1, 0.15) is 6.61 Å². The van der Waals surface area contributed by atoms with Gasteiger partial charge in [-0.1, -0.05) is 6.07 Å². The molecule has 1 aliphatic carbocycles. The predicted molar refractivity (Wildman–Crippen MR) is 76.2 cm³/mol. The fourth-order valence-electron chi connectivity index (χ4n) is 2.83. The molecule has 5 nitrogen and oxygen atoms in total. The van der Waals surface area contributed by atoms with Crippen molar-refractivity contribution >= 4 is 11.6 Å². The van der Waals surface area contributed by atoms with E-state index >= 15 is 0 Å². The first kappa shape index (κ1) is 13.2. The summed E-state index contributed by atoms with van der Waals surface area (Å²) < 4.78 is 5.62. The van der Waals surface area contributed by atoms with Crippen molar-refractivity contribution < 1.29 is 14.6 Å². The van der Waals surface area contributed by atoms with Crippen molar-refractivity contribution in [2.24, 2.45) is 0 Å². The van der Waals surface area contributed by atoms with Gasteiger partial charge < -0.3 is 20.5 Å². The quantitative estimate of drug-likeness (QED) is 0.766. The molecule has 1 aliphatic heterocycles. The van der Waals surface area contributed by atoms with Crippen molar-refractivity contribution in [3.05, 3.63) is 23.8 Å². The topological polar surface area (TPSA) is 70.6 Å². The number of para-hydroxylation sites is 1. The van der Waals surface area contributed by atoms with Gasteiger partial charge in [-0.3, -0.25) is 4.79 Å². The summed E-state index contributed by atoms with van der Waals surface area (Å²) in [7, 11) is 0. The molecule has 1 aromatic rings. The number of aliphatic hydroxyl groups is 1. The van der Waals surface area contributed by atoms with Crippen LogP contribution < -0.4 is 15.4 Å². The Kier molecular flexibility index (Phi) is 3.78. The summed E-state index contributed by atoms with van der Waals surface area (Å²) in [6, 6.07) is 5.72. The van der Waals surface area contributed by atoms with Gasteiger partial charge in [0, 0.05) is 12.6 Å². The highest BCUT2D eigenvalue weighted by atomic mass is 16.5. The Balaban J connectivity index is 1.71. The van der Waals surface area contributed by atoms with Crippen LogP contribution in [0.3, 0.4) is 0 Å². The largest absolute Gasteiger partial charge is 0.489 e. The molecule has 3 rings (SSSR count). The van der Waals surface area contributed by atoms with Gasteiger partial charge in [0.25, 0.3) is 5.91 Å². The monoisotopic (exact) mass is 276 g/mol. The average Bonchev–Trinajstić information content (AvgIpc) is 2.49. The Labute approximate surface area is 118 Å². The fraction of sp³-hybridized carbons (Fsp3) is 0.533. The first-order valence-corrected chi connectivity index (χ1v) is 7.22. The number of hydrogen-bond acceptors (Lipinski definition) is 4. The van der Waals surface area contributed by atoms with E-state index in [0.29, 0.717) is 17.9 Å². The van der Waals surface area contributed by atoms with Crippen LogP contribution in [0.2, 0.25) is 0 Å². The number of anilines is 1. The highest BCUT2D eigenvalue weighted by Gasteiger charge is 2.24. The van der Waals surface area contributed by atoms with Crippen molar-refractivity contribution in [1.82, 2.24) is 5.32 Å². The van der Waals surface area contributed by atoms with Crippen LogP contribution >= 0.6 is 0 Å². The van der Waals surface area contributed by atoms with Crippen LogP contribution in [-0.2, 0) is 0 Å². The van der Waals surface area contributed by atoms with Crippen LogP contribution in [0.1, 0.15) is 36.0 Å². The van der Waals surface area contributed by atoms with Gasteiger partial charge in [-0.2, -0.15) is 0 Å². The molecule has 1 aromatic carbocycles. The highest BCUT2D eigenvalue weighted by Crippen LogP contribution is 2.31. The first-order chi connectivity index (χ1) is 9.74. The van der Waals surface area contributed by atoms with Gasteiger partial charge in [0.15, 0.2) is 5.75 Å². The van der Waals surface area contributed by atoms with E-state index in [9.17, 15) is 9.90 Å². The minimum atomic E-state index is -0.208. The normalized spacial score (nSPS) is 25.1. The standard InChI is InChI=1S/C15H20N2O3/c18-11-6-4-10(5-7-11)17-15(19)12-2-1-3-13-14(12)20-9-8-16-13/h1-3,10-11,16,18H,4-9H2,(H,17,19). The second kappa shape index (κ2) is 5.71. The lowest BCUT2D eigenvalue weighted by Gasteiger charge is -2.27. The molecule has 20 heavy (non-hydrogen) atoms. The van der Waals surface area contributed by atoms with E-state index in [-0.39, 0.29) is 18.1 Å². The Bertz CT molecular complexity index is 496. The Hall–Kier alpha value is -1.75. The third-order valence-electron chi connectivity index (χ3n) is 3.96. The van der Waals surface area contributed by atoms with Gasteiger partial charge >= 0.3 is 0 Å². The number of benzene rings is 1. The van der Waals surface area contributed by atoms with Crippen molar-refractivity contribution in [3.8, 4) is 5.75 Å². The summed E-state index contributed by atoms with van der Waals surface area (Å²) >= 11 is 0. The molecule has 0 aromatic heterocycles. The lowest BCUT2D eigenvalue weighted by molar-refractivity contribution is 0.0864. The number of amides is 1. The third kappa shape index (κ3) is 2.72. The summed E-state index contributed by atoms with van der Waals surface area (Å²) in [5.74, 6) is 0.555. The molecule has 0 bridgehead atoms. The zero-order valence-electron chi connectivity index (χ0n) is 11.4. The van der Waals surface area contributed by atoms with Crippen LogP contribution in [0.5, 0.6) is 5.75 Å². The SMILES string of the molecule is O=C(NC1CCC(O)CC1)c1cccc2c1OCCN2. The van der Waals surface area contributed by atoms with Gasteiger partial charge in [0.05, 0.1) is 17.4 Å². The molecule has 1 saturated carbocycles. The minimum Gasteiger partial charge on any atom is -0.489 e. The number of rotatable bonds is 2. The molecule has 1 heterocycles. The summed E-state index contributed by atoms with van der Waals surface area (Å²) in [5, 5.41) is 15.8. The van der Waals surface area contributed by atoms with E-state index in [1.807, 2.05) is 12.1 Å². The number of fused-ring (bicyclic) bond motifs is 1. The summed E-state index contributed by atoms with van der Waals surface area (Å²) in [6.07, 6.45) is 2.98. The first-order valence-electron chi connectivity index (χ1n) is 7.22. The van der Waals surface area contributed by atoms with E-state index in [2.05, 4.69) is 10.6 Å². The Morgan fingerprint density at radius 2 is 2.10 bits per heavy atom. The molecule has 0 saturated heterocycles. The molecule has 1 amide bonds. The van der Waals surface area contributed by atoms with Crippen LogP contribution in [0.25, 0.3) is 0 Å². The molecule has 5 heteroatoms. The second-order valence-electron chi connectivity index (χ2n) is 5.44. The number of carbonyl (C=O) groups is 1. The second-order valence-corrected chi connectivity index (χ2v) is 5.44. The van der Waals surface area contributed by atoms with Gasteiger partial charge in [0.2, 0.25) is 0 Å². The summed E-state index contributed by atoms with van der Waals surface area (Å²) in [6.45, 7) is 1.34. The summed E-state index contributed by atoms with van der Waals surface area (Å²) in [4.78, 5) is 12.4. The fourth-order valence-corrected chi connectivity index (χ4v) is 2.83. The van der Waals surface area contributed by atoms with Crippen molar-refractivity contribution in [1.29, 1.82) is 0 Å². The van der Waals surface area contributed by atoms with Crippen molar-refractivity contribution in [3.63, 3.8) is 0 Å². The molecule has 1 fully saturated rings. The van der Waals surface area contributed by atoms with Crippen LogP contribution in [0, 0.1) is 0 Å². The lowest BCUT2D eigenvalue weighted by Crippen LogP contribution is -2.39. The molecular weight excluding hydrogens is 256 g/mol. The molecule has 0 spiro atoms. The molecule has 3 N–H and O–H groups in total. The molecule has 0 radical (unpaired) electrons. The number of nitrogens with one attached hydrogen (secondary N) is 2. The van der Waals surface area contributed by atoms with Crippen molar-refractivity contribution in [2.75, 3.05) is 18.5 Å². The molecule has 2 aliphatic rings. The maximum atomic E-state index is 12.4. The zero-order chi connectivity index (χ0) is 13.9. The minimum absolute atomic E-state index is 0.0908. The van der Waals surface area contributed by atoms with E-state index in [1.54, 1.807) is 6.07 Å². The zero-order valence-corrected chi connectivity index (χ0v) is 11.4. The van der Waals surface area contributed by atoms with E-state index in [1.165, 1.54) is 0 Å². The predicted octanol–water partition coefficient (Wildman–Crippen LogP) is 1.52. The van der Waals surface area contributed by atoms with E-state index < -0.39 is 0 Å². The molecule has 0 atom stereocenters. The smallest absolute Gasteiger partial charge is 0.255 e. The maximum absolute atomic E-state index is 12.4. The van der Waals surface area contributed by atoms with Crippen molar-refractivity contribution in [2.45, 2.75) is 37.8 Å². The number of ether oxygens (including phenoxy) is 1. The Morgan fingerprint density at radius 1 is 1.30 bits per heavy atom. The van der Waals surface area contributed by atoms with Crippen LogP contribution in [0.4, 0.5) is 5.69 Å². The van der Waals surface area contributed by atoms with Gasteiger partial charge in [-0.15, -0.1) is 0 Å². The number of hydrogen-bond donors (Lipinski definition) is 3. The average molecular weight is 276 g/mol. The number of aliphatic hydroxyl groups excluding tert-OH is 1. The molecule has 108 valence electrons. The third-order valence-corrected chi connectivity index (χ3v) is 3.96. The van der Waals surface area contributed by atoms with E-state index in [4.69, 9.17) is 4.74 Å². The highest BCUT2D eigenvalue weighted by molar-refractivity contribution is 5.99. The maximum Gasteiger partial charge on any atom is 0.255 e. The van der Waals surface area contributed by atoms with Gasteiger partial charge in [-0.05, 0) is 37.8 Å². The van der Waals surface area contributed by atoms with Gasteiger partial charge in [-0.25, -0.2) is 0 Å². The molecule has 0 unspecified atom stereocenters. The summed E-state index contributed by atoms with van der Waals surface area (Å²) in [5.41, 5.74) is 1.46. The van der Waals surface area contributed by atoms with Crippen LogP contribution in [0.15, 0.2) is 18.2 Å². The van der Waals surface area contributed by atoms with Crippen LogP contribution in [-0.4, -0.2) is 36.3 Å². The number of carbonyl (C=O) groups excluding carboxylic acids is 1. The lowest BCUT2D eigenvalue weighted by atomic mass is 9.93.